The van der Waals surface area contributed by atoms with Gasteiger partial charge in [-0.3, -0.25) is 5.10 Å². The molecule has 0 fully saturated rings. The molecule has 0 unspecified atom stereocenters. The van der Waals surface area contributed by atoms with E-state index in [9.17, 15) is 0 Å². The molecule has 108 valence electrons. The molecule has 0 saturated heterocycles. The number of rotatable bonds is 4. The van der Waals surface area contributed by atoms with Crippen molar-refractivity contribution in [1.29, 1.82) is 0 Å². The van der Waals surface area contributed by atoms with Crippen molar-refractivity contribution in [3.8, 4) is 0 Å². The molecule has 6 heteroatoms. The van der Waals surface area contributed by atoms with Gasteiger partial charge in [0.25, 0.3) is 0 Å². The molecule has 0 bridgehead atoms. The lowest BCUT2D eigenvalue weighted by atomic mass is 10.2. The molecule has 2 aromatic heterocycles. The maximum Gasteiger partial charge on any atom is 0.223 e. The van der Waals surface area contributed by atoms with Crippen LogP contribution in [-0.4, -0.2) is 25.1 Å². The van der Waals surface area contributed by atoms with E-state index < -0.39 is 0 Å². The van der Waals surface area contributed by atoms with Gasteiger partial charge in [0.2, 0.25) is 5.95 Å². The van der Waals surface area contributed by atoms with Crippen LogP contribution in [0.5, 0.6) is 0 Å². The van der Waals surface area contributed by atoms with Crippen LogP contribution in [-0.2, 0) is 6.54 Å². The lowest BCUT2D eigenvalue weighted by molar-refractivity contribution is 0.780. The van der Waals surface area contributed by atoms with Crippen molar-refractivity contribution in [2.24, 2.45) is 0 Å². The van der Waals surface area contributed by atoms with Gasteiger partial charge in [-0.15, -0.1) is 0 Å². The number of hydrogen-bond acceptors (Lipinski definition) is 5. The first-order valence-electron chi connectivity index (χ1n) is 7.02. The lowest BCUT2D eigenvalue weighted by Crippen LogP contribution is -2.06. The Morgan fingerprint density at radius 3 is 2.71 bits per heavy atom. The summed E-state index contributed by atoms with van der Waals surface area (Å²) in [6.45, 7) is 6.64. The Hall–Kier alpha value is -2.50. The summed E-state index contributed by atoms with van der Waals surface area (Å²) in [5.41, 5.74) is 1.90. The Morgan fingerprint density at radius 1 is 1.14 bits per heavy atom. The third-order valence-corrected chi connectivity index (χ3v) is 3.27. The van der Waals surface area contributed by atoms with E-state index in [1.165, 1.54) is 0 Å². The molecule has 2 heterocycles. The third kappa shape index (κ3) is 2.84. The van der Waals surface area contributed by atoms with Crippen LogP contribution in [0.25, 0.3) is 10.9 Å². The zero-order valence-corrected chi connectivity index (χ0v) is 12.4. The van der Waals surface area contributed by atoms with Crippen molar-refractivity contribution >= 4 is 16.9 Å². The number of nitrogens with zero attached hydrogens (tertiary/aromatic N) is 4. The summed E-state index contributed by atoms with van der Waals surface area (Å²) in [5, 5.41) is 11.4. The summed E-state index contributed by atoms with van der Waals surface area (Å²) >= 11 is 0. The first-order chi connectivity index (χ1) is 10.1. The SMILES string of the molecule is Cc1nc(NCc2nc(C(C)C)n[nH]2)nc2ccccc12. The van der Waals surface area contributed by atoms with Crippen molar-refractivity contribution in [1.82, 2.24) is 25.1 Å². The van der Waals surface area contributed by atoms with Gasteiger partial charge >= 0.3 is 0 Å². The molecule has 0 saturated carbocycles. The van der Waals surface area contributed by atoms with Gasteiger partial charge in [0.15, 0.2) is 5.82 Å². The van der Waals surface area contributed by atoms with Crippen LogP contribution in [0.4, 0.5) is 5.95 Å². The van der Waals surface area contributed by atoms with E-state index in [1.807, 2.05) is 31.2 Å². The van der Waals surface area contributed by atoms with Crippen molar-refractivity contribution in [2.45, 2.75) is 33.2 Å². The number of aryl methyl sites for hydroxylation is 1. The van der Waals surface area contributed by atoms with E-state index in [0.29, 0.717) is 18.4 Å². The zero-order chi connectivity index (χ0) is 14.8. The third-order valence-electron chi connectivity index (χ3n) is 3.27. The van der Waals surface area contributed by atoms with Crippen molar-refractivity contribution in [3.05, 3.63) is 41.6 Å². The van der Waals surface area contributed by atoms with Crippen LogP contribution < -0.4 is 5.32 Å². The predicted molar refractivity (Wildman–Crippen MR) is 82.1 cm³/mol. The fourth-order valence-electron chi connectivity index (χ4n) is 2.12. The predicted octanol–water partition coefficient (Wildman–Crippen LogP) is 2.79. The second-order valence-corrected chi connectivity index (χ2v) is 5.30. The van der Waals surface area contributed by atoms with E-state index in [4.69, 9.17) is 0 Å². The van der Waals surface area contributed by atoms with Crippen molar-refractivity contribution < 1.29 is 0 Å². The minimum Gasteiger partial charge on any atom is -0.347 e. The average molecular weight is 282 g/mol. The summed E-state index contributed by atoms with van der Waals surface area (Å²) in [4.78, 5) is 13.4. The molecule has 0 radical (unpaired) electrons. The fourth-order valence-corrected chi connectivity index (χ4v) is 2.12. The van der Waals surface area contributed by atoms with Crippen LogP contribution in [0.1, 0.15) is 37.1 Å². The number of H-pyrrole nitrogens is 1. The zero-order valence-electron chi connectivity index (χ0n) is 12.4. The summed E-state index contributed by atoms with van der Waals surface area (Å²) in [6, 6.07) is 7.98. The molecule has 3 aromatic rings. The number of anilines is 1. The van der Waals surface area contributed by atoms with Gasteiger partial charge in [-0.1, -0.05) is 32.0 Å². The van der Waals surface area contributed by atoms with Gasteiger partial charge in [-0.2, -0.15) is 5.10 Å². The minimum atomic E-state index is 0.314. The number of nitrogens with one attached hydrogen (secondary N) is 2. The van der Waals surface area contributed by atoms with E-state index in [-0.39, 0.29) is 0 Å². The highest BCUT2D eigenvalue weighted by molar-refractivity contribution is 5.81. The van der Waals surface area contributed by atoms with E-state index in [2.05, 4.69) is 44.3 Å². The molecule has 0 spiro atoms. The number of para-hydroxylation sites is 1. The largest absolute Gasteiger partial charge is 0.347 e. The lowest BCUT2D eigenvalue weighted by Gasteiger charge is -2.06. The smallest absolute Gasteiger partial charge is 0.223 e. The molecule has 0 atom stereocenters. The monoisotopic (exact) mass is 282 g/mol. The molecular formula is C15H18N6. The number of fused-ring (bicyclic) bond motifs is 1. The molecule has 0 aliphatic carbocycles. The molecule has 0 aliphatic heterocycles. The topological polar surface area (TPSA) is 79.4 Å². The second kappa shape index (κ2) is 5.47. The van der Waals surface area contributed by atoms with Crippen LogP contribution in [0.2, 0.25) is 0 Å². The molecule has 21 heavy (non-hydrogen) atoms. The molecule has 1 aromatic carbocycles. The van der Waals surface area contributed by atoms with Gasteiger partial charge in [0, 0.05) is 11.3 Å². The molecule has 0 aliphatic rings. The molecule has 6 nitrogen and oxygen atoms in total. The highest BCUT2D eigenvalue weighted by Crippen LogP contribution is 2.16. The van der Waals surface area contributed by atoms with Crippen LogP contribution in [0, 0.1) is 6.92 Å². The molecule has 0 amide bonds. The van der Waals surface area contributed by atoms with E-state index in [1.54, 1.807) is 0 Å². The van der Waals surface area contributed by atoms with Crippen molar-refractivity contribution in [3.63, 3.8) is 0 Å². The van der Waals surface area contributed by atoms with Gasteiger partial charge in [-0.25, -0.2) is 15.0 Å². The standard InChI is InChI=1S/C15H18N6/c1-9(2)14-19-13(20-21-14)8-16-15-17-10(3)11-6-4-5-7-12(11)18-15/h4-7,9H,8H2,1-3H3,(H,16,17,18)(H,19,20,21). The minimum absolute atomic E-state index is 0.314. The number of aromatic nitrogens is 5. The van der Waals surface area contributed by atoms with Crippen LogP contribution in [0.15, 0.2) is 24.3 Å². The maximum atomic E-state index is 4.51. The summed E-state index contributed by atoms with van der Waals surface area (Å²) in [6.07, 6.45) is 0. The Labute approximate surface area is 123 Å². The second-order valence-electron chi connectivity index (χ2n) is 5.30. The highest BCUT2D eigenvalue weighted by atomic mass is 15.2. The van der Waals surface area contributed by atoms with Crippen LogP contribution in [0.3, 0.4) is 0 Å². The molecule has 2 N–H and O–H groups in total. The Bertz CT molecular complexity index is 762. The quantitative estimate of drug-likeness (QED) is 0.769. The Kier molecular flexibility index (Phi) is 3.51. The van der Waals surface area contributed by atoms with Crippen LogP contribution >= 0.6 is 0 Å². The van der Waals surface area contributed by atoms with E-state index >= 15 is 0 Å². The highest BCUT2D eigenvalue weighted by Gasteiger charge is 2.08. The van der Waals surface area contributed by atoms with Gasteiger partial charge < -0.3 is 5.32 Å². The van der Waals surface area contributed by atoms with Crippen molar-refractivity contribution in [2.75, 3.05) is 5.32 Å². The number of aromatic amines is 1. The van der Waals surface area contributed by atoms with Gasteiger partial charge in [-0.05, 0) is 13.0 Å². The fraction of sp³-hybridized carbons (Fsp3) is 0.333. The van der Waals surface area contributed by atoms with Gasteiger partial charge in [0.05, 0.1) is 17.8 Å². The average Bonchev–Trinajstić information content (AvgIpc) is 2.94. The Balaban J connectivity index is 1.78. The number of hydrogen-bond donors (Lipinski definition) is 2. The first-order valence-corrected chi connectivity index (χ1v) is 7.02. The van der Waals surface area contributed by atoms with E-state index in [0.717, 1.165) is 28.2 Å². The van der Waals surface area contributed by atoms with Gasteiger partial charge in [0.1, 0.15) is 5.82 Å². The first kappa shape index (κ1) is 13.5. The summed E-state index contributed by atoms with van der Waals surface area (Å²) < 4.78 is 0. The maximum absolute atomic E-state index is 4.51. The Morgan fingerprint density at radius 2 is 1.95 bits per heavy atom. The molecule has 3 rings (SSSR count). The normalized spacial score (nSPS) is 11.2. The summed E-state index contributed by atoms with van der Waals surface area (Å²) in [7, 11) is 0. The summed E-state index contributed by atoms with van der Waals surface area (Å²) in [5.74, 6) is 2.53. The molecular weight excluding hydrogens is 264 g/mol. The number of benzene rings is 1.